The Morgan fingerprint density at radius 3 is 2.37 bits per heavy atom. The number of carbonyl (C=O) groups excluding carboxylic acids is 1. The fraction of sp³-hybridized carbons (Fsp3) is 0.263. The van der Waals surface area contributed by atoms with Gasteiger partial charge in [-0.05, 0) is 42.8 Å². The maximum Gasteiger partial charge on any atom is 0.285 e. The molecule has 0 unspecified atom stereocenters. The molecule has 1 aliphatic rings. The lowest BCUT2D eigenvalue weighted by Crippen LogP contribution is -2.34. The van der Waals surface area contributed by atoms with Gasteiger partial charge in [0.05, 0.1) is 12.3 Å². The minimum absolute atomic E-state index is 0.0283. The third-order valence-corrected chi connectivity index (χ3v) is 7.09. The molecule has 1 aliphatic heterocycles. The van der Waals surface area contributed by atoms with Crippen LogP contribution in [0.5, 0.6) is 0 Å². The summed E-state index contributed by atoms with van der Waals surface area (Å²) in [6.45, 7) is 1.66. The Morgan fingerprint density at radius 1 is 1.07 bits per heavy atom. The largest absolute Gasteiger partial charge is 0.349 e. The Hall–Kier alpha value is -2.92. The van der Waals surface area contributed by atoms with Gasteiger partial charge < -0.3 is 10.2 Å². The molecule has 11 heteroatoms. The van der Waals surface area contributed by atoms with Crippen LogP contribution in [0, 0.1) is 0 Å². The van der Waals surface area contributed by atoms with E-state index in [1.54, 1.807) is 56.4 Å². The fourth-order valence-electron chi connectivity index (χ4n) is 2.98. The van der Waals surface area contributed by atoms with Crippen LogP contribution in [0.15, 0.2) is 57.8 Å². The molecule has 3 rings (SSSR count). The summed E-state index contributed by atoms with van der Waals surface area (Å²) < 4.78 is 54.2. The van der Waals surface area contributed by atoms with Gasteiger partial charge in [-0.15, -0.1) is 4.40 Å². The predicted molar refractivity (Wildman–Crippen MR) is 116 cm³/mol. The highest BCUT2D eigenvalue weighted by atomic mass is 32.2. The van der Waals surface area contributed by atoms with Crippen molar-refractivity contribution in [3.63, 3.8) is 0 Å². The van der Waals surface area contributed by atoms with Gasteiger partial charge in [0, 0.05) is 24.0 Å². The van der Waals surface area contributed by atoms with Crippen LogP contribution in [0.25, 0.3) is 0 Å². The van der Waals surface area contributed by atoms with Gasteiger partial charge in [0.2, 0.25) is 15.9 Å². The smallest absolute Gasteiger partial charge is 0.285 e. The molecular weight excluding hydrogens is 428 g/mol. The summed E-state index contributed by atoms with van der Waals surface area (Å²) in [6.07, 6.45) is 0.508. The van der Waals surface area contributed by atoms with E-state index in [9.17, 15) is 21.6 Å². The predicted octanol–water partition coefficient (Wildman–Crippen LogP) is 1.86. The van der Waals surface area contributed by atoms with Crippen molar-refractivity contribution in [2.45, 2.75) is 18.2 Å². The van der Waals surface area contributed by atoms with E-state index in [4.69, 9.17) is 0 Å². The van der Waals surface area contributed by atoms with E-state index in [2.05, 4.69) is 14.4 Å². The zero-order valence-corrected chi connectivity index (χ0v) is 18.1. The van der Waals surface area contributed by atoms with Crippen LogP contribution in [0.2, 0.25) is 0 Å². The highest BCUT2D eigenvalue weighted by molar-refractivity contribution is 7.92. The number of sulfonamides is 2. The van der Waals surface area contributed by atoms with Crippen LogP contribution in [0.3, 0.4) is 0 Å². The number of rotatable bonds is 7. The number of nitrogens with one attached hydrogen (secondary N) is 2. The highest BCUT2D eigenvalue weighted by Gasteiger charge is 2.30. The number of carbonyl (C=O) groups is 1. The van der Waals surface area contributed by atoms with Crippen LogP contribution < -0.4 is 10.0 Å². The van der Waals surface area contributed by atoms with E-state index < -0.39 is 20.0 Å². The number of amides is 1. The van der Waals surface area contributed by atoms with Gasteiger partial charge in [-0.25, -0.2) is 8.42 Å². The summed E-state index contributed by atoms with van der Waals surface area (Å²) in [4.78, 5) is 14.0. The maximum atomic E-state index is 12.4. The molecule has 0 radical (unpaired) electrons. The molecule has 2 aromatic carbocycles. The molecule has 0 saturated heterocycles. The quantitative estimate of drug-likeness (QED) is 0.663. The van der Waals surface area contributed by atoms with Crippen LogP contribution in [0.1, 0.15) is 18.9 Å². The number of nitrogens with zero attached hydrogens (tertiary/aromatic N) is 2. The average molecular weight is 451 g/mol. The van der Waals surface area contributed by atoms with E-state index in [1.807, 2.05) is 0 Å². The first-order valence-electron chi connectivity index (χ1n) is 9.17. The summed E-state index contributed by atoms with van der Waals surface area (Å²) in [5.74, 6) is -0.136. The summed E-state index contributed by atoms with van der Waals surface area (Å²) in [5.41, 5.74) is 1.34. The van der Waals surface area contributed by atoms with Crippen molar-refractivity contribution in [1.82, 2.24) is 4.90 Å². The van der Waals surface area contributed by atoms with Crippen molar-refractivity contribution in [3.05, 3.63) is 54.1 Å². The van der Waals surface area contributed by atoms with Crippen molar-refractivity contribution < 1.29 is 21.6 Å². The molecule has 1 amide bonds. The van der Waals surface area contributed by atoms with E-state index in [-0.39, 0.29) is 28.9 Å². The van der Waals surface area contributed by atoms with E-state index in [0.29, 0.717) is 23.4 Å². The van der Waals surface area contributed by atoms with Crippen molar-refractivity contribution >= 4 is 43.2 Å². The van der Waals surface area contributed by atoms with Crippen molar-refractivity contribution in [2.24, 2.45) is 4.40 Å². The van der Waals surface area contributed by atoms with Crippen molar-refractivity contribution in [2.75, 3.05) is 29.4 Å². The second-order valence-electron chi connectivity index (χ2n) is 6.79. The summed E-state index contributed by atoms with van der Waals surface area (Å²) in [5, 5.41) is 2.69. The molecule has 0 saturated carbocycles. The molecular formula is C19H22N4O5S2. The molecule has 2 N–H and O–H groups in total. The van der Waals surface area contributed by atoms with Crippen molar-refractivity contribution in [3.8, 4) is 0 Å². The molecule has 0 atom stereocenters. The SMILES string of the molecule is CCCS(=O)(=O)Nc1ccc(NC(=O)CN(C)C2=NS(=O)(=O)c3ccccc32)cc1. The zero-order valence-electron chi connectivity index (χ0n) is 16.5. The Labute approximate surface area is 175 Å². The molecule has 160 valence electrons. The second-order valence-corrected chi connectivity index (χ2v) is 10.2. The van der Waals surface area contributed by atoms with Crippen LogP contribution in [-0.2, 0) is 24.8 Å². The summed E-state index contributed by atoms with van der Waals surface area (Å²) in [7, 11) is -5.56. The first-order chi connectivity index (χ1) is 14.1. The lowest BCUT2D eigenvalue weighted by molar-refractivity contribution is -0.116. The summed E-state index contributed by atoms with van der Waals surface area (Å²) >= 11 is 0. The minimum atomic E-state index is -3.76. The van der Waals surface area contributed by atoms with Gasteiger partial charge in [-0.1, -0.05) is 19.1 Å². The highest BCUT2D eigenvalue weighted by Crippen LogP contribution is 2.26. The van der Waals surface area contributed by atoms with Crippen LogP contribution in [-0.4, -0.2) is 52.8 Å². The molecule has 0 fully saturated rings. The third-order valence-electron chi connectivity index (χ3n) is 4.27. The Morgan fingerprint density at radius 2 is 1.70 bits per heavy atom. The molecule has 30 heavy (non-hydrogen) atoms. The molecule has 0 spiro atoms. The van der Waals surface area contributed by atoms with Gasteiger partial charge in [0.25, 0.3) is 10.0 Å². The lowest BCUT2D eigenvalue weighted by atomic mass is 10.2. The lowest BCUT2D eigenvalue weighted by Gasteiger charge is -2.18. The molecule has 2 aromatic rings. The third kappa shape index (κ3) is 4.97. The first-order valence-corrected chi connectivity index (χ1v) is 12.3. The summed E-state index contributed by atoms with van der Waals surface area (Å²) in [6, 6.07) is 12.7. The van der Waals surface area contributed by atoms with Gasteiger partial charge in [0.1, 0.15) is 4.90 Å². The number of likely N-dealkylation sites (N-methyl/N-ethyl adjacent to an activating group) is 1. The standard InChI is InChI=1S/C19H22N4O5S2/c1-3-12-29(25,26)21-15-10-8-14(9-11-15)20-18(24)13-23(2)19-16-6-4-5-7-17(16)30(27,28)22-19/h4-11,21H,3,12-13H2,1-2H3,(H,20,24). The Bertz CT molecular complexity index is 1190. The number of anilines is 2. The number of amidine groups is 1. The molecule has 1 heterocycles. The first kappa shape index (κ1) is 21.8. The Kier molecular flexibility index (Phi) is 6.13. The van der Waals surface area contributed by atoms with Gasteiger partial charge in [-0.2, -0.15) is 8.42 Å². The molecule has 9 nitrogen and oxygen atoms in total. The van der Waals surface area contributed by atoms with Crippen LogP contribution >= 0.6 is 0 Å². The zero-order chi connectivity index (χ0) is 21.9. The number of fused-ring (bicyclic) bond motifs is 1. The molecule has 0 aliphatic carbocycles. The normalized spacial score (nSPS) is 14.5. The Balaban J connectivity index is 1.64. The molecule has 0 bridgehead atoms. The maximum absolute atomic E-state index is 12.4. The van der Waals surface area contributed by atoms with E-state index in [0.717, 1.165) is 0 Å². The average Bonchev–Trinajstić information content (AvgIpc) is 2.95. The topological polar surface area (TPSA) is 125 Å². The molecule has 0 aromatic heterocycles. The fourth-order valence-corrected chi connectivity index (χ4v) is 5.36. The number of hydrogen-bond acceptors (Lipinski definition) is 6. The van der Waals surface area contributed by atoms with Gasteiger partial charge in [0.15, 0.2) is 5.84 Å². The van der Waals surface area contributed by atoms with Crippen molar-refractivity contribution in [1.29, 1.82) is 0 Å². The number of hydrogen-bond donors (Lipinski definition) is 2. The minimum Gasteiger partial charge on any atom is -0.349 e. The van der Waals surface area contributed by atoms with E-state index in [1.165, 1.54) is 11.0 Å². The van der Waals surface area contributed by atoms with Gasteiger partial charge >= 0.3 is 0 Å². The second kappa shape index (κ2) is 8.44. The van der Waals surface area contributed by atoms with Crippen LogP contribution in [0.4, 0.5) is 11.4 Å². The van der Waals surface area contributed by atoms with E-state index >= 15 is 0 Å². The number of benzene rings is 2. The monoisotopic (exact) mass is 450 g/mol. The van der Waals surface area contributed by atoms with Gasteiger partial charge in [-0.3, -0.25) is 9.52 Å².